The van der Waals surface area contributed by atoms with Crippen molar-refractivity contribution in [2.75, 3.05) is 6.61 Å². The molecule has 4 heteroatoms. The Labute approximate surface area is 103 Å². The predicted octanol–water partition coefficient (Wildman–Crippen LogP) is 1.53. The Morgan fingerprint density at radius 1 is 1.59 bits per heavy atom. The highest BCUT2D eigenvalue weighted by Gasteiger charge is 2.36. The molecule has 2 rings (SSSR count). The number of aliphatic hydroxyl groups excluding tert-OH is 1. The molecule has 1 aromatic heterocycles. The van der Waals surface area contributed by atoms with Crippen molar-refractivity contribution in [2.45, 2.75) is 44.8 Å². The Hall–Kier alpha value is -0.870. The van der Waals surface area contributed by atoms with Gasteiger partial charge in [-0.3, -0.25) is 0 Å². The molecule has 0 aromatic carbocycles. The molecule has 4 nitrogen and oxygen atoms in total. The van der Waals surface area contributed by atoms with Crippen LogP contribution in [0.25, 0.3) is 0 Å². The number of rotatable bonds is 7. The van der Waals surface area contributed by atoms with Gasteiger partial charge in [0.15, 0.2) is 0 Å². The van der Waals surface area contributed by atoms with E-state index in [1.165, 1.54) is 12.8 Å². The van der Waals surface area contributed by atoms with Gasteiger partial charge in [0.1, 0.15) is 5.82 Å². The van der Waals surface area contributed by atoms with Crippen molar-refractivity contribution >= 4 is 0 Å². The quantitative estimate of drug-likeness (QED) is 0.783. The molecule has 0 spiro atoms. The summed E-state index contributed by atoms with van der Waals surface area (Å²) in [5.41, 5.74) is 0. The SMILES string of the molecule is CCOC(C(O)CCc1nccn1C)C1CC1. The zero-order valence-corrected chi connectivity index (χ0v) is 10.7. The molecule has 1 aromatic rings. The largest absolute Gasteiger partial charge is 0.390 e. The summed E-state index contributed by atoms with van der Waals surface area (Å²) in [7, 11) is 1.98. The summed E-state index contributed by atoms with van der Waals surface area (Å²) in [5.74, 6) is 1.60. The van der Waals surface area contributed by atoms with Crippen molar-refractivity contribution in [1.29, 1.82) is 0 Å². The van der Waals surface area contributed by atoms with Crippen LogP contribution in [0, 0.1) is 5.92 Å². The first-order chi connectivity index (χ1) is 8.22. The Bertz CT molecular complexity index is 347. The third-order valence-corrected chi connectivity index (χ3v) is 3.41. The van der Waals surface area contributed by atoms with Gasteiger partial charge in [0, 0.05) is 32.5 Å². The maximum Gasteiger partial charge on any atom is 0.108 e. The lowest BCUT2D eigenvalue weighted by atomic mass is 10.0. The van der Waals surface area contributed by atoms with Crippen LogP contribution >= 0.6 is 0 Å². The monoisotopic (exact) mass is 238 g/mol. The standard InChI is InChI=1S/C13H22N2O2/c1-3-17-13(10-4-5-10)11(16)6-7-12-14-8-9-15(12)2/h8-11,13,16H,3-7H2,1-2H3. The summed E-state index contributed by atoms with van der Waals surface area (Å²) in [5, 5.41) is 10.2. The lowest BCUT2D eigenvalue weighted by Crippen LogP contribution is -2.31. The van der Waals surface area contributed by atoms with Crippen LogP contribution in [0.5, 0.6) is 0 Å². The normalized spacial score (nSPS) is 19.2. The molecule has 0 amide bonds. The van der Waals surface area contributed by atoms with E-state index >= 15 is 0 Å². The highest BCUT2D eigenvalue weighted by atomic mass is 16.5. The van der Waals surface area contributed by atoms with Gasteiger partial charge in [0.2, 0.25) is 0 Å². The third-order valence-electron chi connectivity index (χ3n) is 3.41. The van der Waals surface area contributed by atoms with Crippen molar-refractivity contribution in [3.8, 4) is 0 Å². The van der Waals surface area contributed by atoms with Crippen LogP contribution in [-0.2, 0) is 18.2 Å². The molecule has 1 aliphatic rings. The van der Waals surface area contributed by atoms with Gasteiger partial charge < -0.3 is 14.4 Å². The van der Waals surface area contributed by atoms with Crippen molar-refractivity contribution < 1.29 is 9.84 Å². The van der Waals surface area contributed by atoms with Crippen molar-refractivity contribution in [2.24, 2.45) is 13.0 Å². The maximum atomic E-state index is 10.2. The zero-order chi connectivity index (χ0) is 12.3. The molecule has 0 saturated heterocycles. The van der Waals surface area contributed by atoms with Gasteiger partial charge in [0.25, 0.3) is 0 Å². The fraction of sp³-hybridized carbons (Fsp3) is 0.769. The molecule has 1 heterocycles. The van der Waals surface area contributed by atoms with Crippen LogP contribution in [0.4, 0.5) is 0 Å². The average Bonchev–Trinajstić information content (AvgIpc) is 3.07. The van der Waals surface area contributed by atoms with E-state index in [0.717, 1.165) is 18.7 Å². The molecule has 1 N–H and O–H groups in total. The number of aryl methyl sites for hydroxylation is 2. The van der Waals surface area contributed by atoms with Crippen molar-refractivity contribution in [3.05, 3.63) is 18.2 Å². The van der Waals surface area contributed by atoms with E-state index < -0.39 is 0 Å². The van der Waals surface area contributed by atoms with Crippen LogP contribution in [0.15, 0.2) is 12.4 Å². The summed E-state index contributed by atoms with van der Waals surface area (Å²) in [6.07, 6.45) is 7.33. The van der Waals surface area contributed by atoms with Gasteiger partial charge in [-0.25, -0.2) is 4.98 Å². The number of imidazole rings is 1. The topological polar surface area (TPSA) is 47.3 Å². The lowest BCUT2D eigenvalue weighted by molar-refractivity contribution is -0.0475. The first-order valence-electron chi connectivity index (χ1n) is 6.48. The number of hydrogen-bond acceptors (Lipinski definition) is 3. The van der Waals surface area contributed by atoms with Gasteiger partial charge in [-0.05, 0) is 32.1 Å². The van der Waals surface area contributed by atoms with Crippen LogP contribution < -0.4 is 0 Å². The molecule has 96 valence electrons. The summed E-state index contributed by atoms with van der Waals surface area (Å²) in [6, 6.07) is 0. The Kier molecular flexibility index (Phi) is 4.18. The van der Waals surface area contributed by atoms with E-state index in [2.05, 4.69) is 4.98 Å². The van der Waals surface area contributed by atoms with Crippen LogP contribution in [0.3, 0.4) is 0 Å². The second-order valence-electron chi connectivity index (χ2n) is 4.82. The van der Waals surface area contributed by atoms with Crippen LogP contribution in [0.2, 0.25) is 0 Å². The minimum absolute atomic E-state index is 0.0280. The number of aromatic nitrogens is 2. The summed E-state index contributed by atoms with van der Waals surface area (Å²) >= 11 is 0. The second-order valence-corrected chi connectivity index (χ2v) is 4.82. The highest BCUT2D eigenvalue weighted by molar-refractivity contribution is 4.93. The molecule has 0 aliphatic heterocycles. The van der Waals surface area contributed by atoms with Crippen molar-refractivity contribution in [3.63, 3.8) is 0 Å². The summed E-state index contributed by atoms with van der Waals surface area (Å²) in [4.78, 5) is 4.26. The molecule has 2 atom stereocenters. The molecule has 2 unspecified atom stereocenters. The molecule has 0 radical (unpaired) electrons. The highest BCUT2D eigenvalue weighted by Crippen LogP contribution is 2.36. The van der Waals surface area contributed by atoms with Gasteiger partial charge in [-0.1, -0.05) is 0 Å². The summed E-state index contributed by atoms with van der Waals surface area (Å²) in [6.45, 7) is 2.67. The first kappa shape index (κ1) is 12.6. The molecular weight excluding hydrogens is 216 g/mol. The number of hydrogen-bond donors (Lipinski definition) is 1. The van der Waals surface area contributed by atoms with E-state index in [-0.39, 0.29) is 12.2 Å². The number of aliphatic hydroxyl groups is 1. The van der Waals surface area contributed by atoms with Gasteiger partial charge in [-0.2, -0.15) is 0 Å². The summed E-state index contributed by atoms with van der Waals surface area (Å²) < 4.78 is 7.65. The van der Waals surface area contributed by atoms with Gasteiger partial charge >= 0.3 is 0 Å². The van der Waals surface area contributed by atoms with Crippen LogP contribution in [-0.4, -0.2) is 33.5 Å². The minimum Gasteiger partial charge on any atom is -0.390 e. The van der Waals surface area contributed by atoms with E-state index in [0.29, 0.717) is 12.5 Å². The Morgan fingerprint density at radius 3 is 2.88 bits per heavy atom. The van der Waals surface area contributed by atoms with Gasteiger partial charge in [0.05, 0.1) is 12.2 Å². The Morgan fingerprint density at radius 2 is 2.35 bits per heavy atom. The van der Waals surface area contributed by atoms with Crippen molar-refractivity contribution in [1.82, 2.24) is 9.55 Å². The molecule has 1 saturated carbocycles. The number of ether oxygens (including phenoxy) is 1. The van der Waals surface area contributed by atoms with E-state index in [1.54, 1.807) is 6.20 Å². The predicted molar refractivity (Wildman–Crippen MR) is 65.7 cm³/mol. The fourth-order valence-electron chi connectivity index (χ4n) is 2.26. The maximum absolute atomic E-state index is 10.2. The van der Waals surface area contributed by atoms with Crippen LogP contribution in [0.1, 0.15) is 32.0 Å². The number of nitrogens with zero attached hydrogens (tertiary/aromatic N) is 2. The zero-order valence-electron chi connectivity index (χ0n) is 10.7. The molecular formula is C13H22N2O2. The van der Waals surface area contributed by atoms with E-state index in [4.69, 9.17) is 4.74 Å². The molecule has 17 heavy (non-hydrogen) atoms. The molecule has 0 bridgehead atoms. The van der Waals surface area contributed by atoms with E-state index in [1.807, 2.05) is 24.7 Å². The third kappa shape index (κ3) is 3.30. The van der Waals surface area contributed by atoms with Gasteiger partial charge in [-0.15, -0.1) is 0 Å². The first-order valence-corrected chi connectivity index (χ1v) is 6.48. The second kappa shape index (κ2) is 5.65. The smallest absolute Gasteiger partial charge is 0.108 e. The molecule has 1 aliphatic carbocycles. The lowest BCUT2D eigenvalue weighted by Gasteiger charge is -2.22. The Balaban J connectivity index is 1.82. The fourth-order valence-corrected chi connectivity index (χ4v) is 2.26. The van der Waals surface area contributed by atoms with E-state index in [9.17, 15) is 5.11 Å². The molecule has 1 fully saturated rings. The average molecular weight is 238 g/mol. The minimum atomic E-state index is -0.362.